The van der Waals surface area contributed by atoms with Crippen molar-refractivity contribution in [3.8, 4) is 28.4 Å². The van der Waals surface area contributed by atoms with Gasteiger partial charge in [-0.2, -0.15) is 10.2 Å². The van der Waals surface area contributed by atoms with Crippen LogP contribution in [-0.4, -0.2) is 53.5 Å². The van der Waals surface area contributed by atoms with Crippen LogP contribution in [0.5, 0.6) is 5.75 Å². The lowest BCUT2D eigenvalue weighted by Gasteiger charge is -2.25. The molecule has 0 radical (unpaired) electrons. The predicted octanol–water partition coefficient (Wildman–Crippen LogP) is 4.90. The van der Waals surface area contributed by atoms with Gasteiger partial charge in [0.25, 0.3) is 0 Å². The largest absolute Gasteiger partial charge is 0.508 e. The van der Waals surface area contributed by atoms with Crippen LogP contribution in [0.3, 0.4) is 0 Å². The molecule has 6 rings (SSSR count). The van der Waals surface area contributed by atoms with Crippen molar-refractivity contribution in [3.63, 3.8) is 0 Å². The summed E-state index contributed by atoms with van der Waals surface area (Å²) in [6.45, 7) is 4.90. The summed E-state index contributed by atoms with van der Waals surface area (Å²) in [6.07, 6.45) is 9.83. The summed E-state index contributed by atoms with van der Waals surface area (Å²) >= 11 is 0. The van der Waals surface area contributed by atoms with Crippen molar-refractivity contribution < 1.29 is 5.11 Å². The Morgan fingerprint density at radius 3 is 2.86 bits per heavy atom. The highest BCUT2D eigenvalue weighted by Crippen LogP contribution is 2.32. The first-order valence-electron chi connectivity index (χ1n) is 11.9. The first-order valence-corrected chi connectivity index (χ1v) is 11.9. The monoisotopic (exact) mass is 465 g/mol. The van der Waals surface area contributed by atoms with Crippen LogP contribution in [0.2, 0.25) is 0 Å². The van der Waals surface area contributed by atoms with Gasteiger partial charge in [0.15, 0.2) is 5.82 Å². The number of fused-ring (bicyclic) bond motifs is 1. The molecule has 0 saturated carbocycles. The normalized spacial score (nSPS) is 14.5. The Balaban J connectivity index is 1.23. The summed E-state index contributed by atoms with van der Waals surface area (Å²) < 4.78 is 0. The van der Waals surface area contributed by atoms with Crippen LogP contribution in [0.15, 0.2) is 61.1 Å². The van der Waals surface area contributed by atoms with E-state index in [0.29, 0.717) is 5.75 Å². The van der Waals surface area contributed by atoms with Crippen LogP contribution in [0.4, 0.5) is 0 Å². The Morgan fingerprint density at radius 1 is 1.11 bits per heavy atom. The number of aryl methyl sites for hydroxylation is 1. The van der Waals surface area contributed by atoms with Crippen molar-refractivity contribution in [3.05, 3.63) is 77.9 Å². The summed E-state index contributed by atoms with van der Waals surface area (Å²) in [5, 5.41) is 25.5. The maximum absolute atomic E-state index is 9.84. The molecule has 35 heavy (non-hydrogen) atoms. The molecule has 176 valence electrons. The number of aromatic hydroxyl groups is 1. The number of benzene rings is 2. The third-order valence-corrected chi connectivity index (χ3v) is 6.74. The maximum atomic E-state index is 9.84. The van der Waals surface area contributed by atoms with Gasteiger partial charge >= 0.3 is 0 Å². The van der Waals surface area contributed by atoms with Gasteiger partial charge in [-0.1, -0.05) is 25.1 Å². The van der Waals surface area contributed by atoms with E-state index in [1.165, 1.54) is 11.1 Å². The first-order chi connectivity index (χ1) is 17.2. The molecule has 8 heteroatoms. The zero-order valence-corrected chi connectivity index (χ0v) is 19.5. The zero-order valence-electron chi connectivity index (χ0n) is 19.5. The number of nitrogens with one attached hydrogen (secondary N) is 3. The second kappa shape index (κ2) is 8.88. The number of aromatic nitrogens is 6. The Hall–Kier alpha value is -4.17. The van der Waals surface area contributed by atoms with E-state index in [4.69, 9.17) is 0 Å². The average molecular weight is 466 g/mol. The lowest BCUT2D eigenvalue weighted by atomic mass is 9.97. The molecule has 0 amide bonds. The van der Waals surface area contributed by atoms with Gasteiger partial charge in [0.1, 0.15) is 11.4 Å². The minimum atomic E-state index is 0.294. The number of hydrogen-bond donors (Lipinski definition) is 4. The van der Waals surface area contributed by atoms with Gasteiger partial charge in [-0.3, -0.25) is 15.1 Å². The highest BCUT2D eigenvalue weighted by molar-refractivity contribution is 5.94. The molecular weight excluding hydrogens is 438 g/mol. The molecule has 0 unspecified atom stereocenters. The topological polar surface area (TPSA) is 110 Å². The van der Waals surface area contributed by atoms with E-state index in [9.17, 15) is 5.11 Å². The highest BCUT2D eigenvalue weighted by Gasteiger charge is 2.18. The van der Waals surface area contributed by atoms with Gasteiger partial charge in [-0.15, -0.1) is 0 Å². The van der Waals surface area contributed by atoms with E-state index in [1.807, 2.05) is 30.7 Å². The number of nitrogens with zero attached hydrogens (tertiary/aromatic N) is 4. The fourth-order valence-electron chi connectivity index (χ4n) is 4.85. The molecule has 0 spiro atoms. The number of hydrogen-bond acceptors (Lipinski definition) is 5. The molecule has 8 nitrogen and oxygen atoms in total. The van der Waals surface area contributed by atoms with E-state index < -0.39 is 0 Å². The summed E-state index contributed by atoms with van der Waals surface area (Å²) in [5.41, 5.74) is 8.64. The van der Waals surface area contributed by atoms with Gasteiger partial charge < -0.3 is 10.1 Å². The van der Waals surface area contributed by atoms with E-state index in [2.05, 4.69) is 66.5 Å². The van der Waals surface area contributed by atoms with Gasteiger partial charge in [0, 0.05) is 36.8 Å². The van der Waals surface area contributed by atoms with Gasteiger partial charge in [0.05, 0.1) is 23.6 Å². The van der Waals surface area contributed by atoms with Gasteiger partial charge in [-0.25, -0.2) is 4.98 Å². The number of phenolic OH excluding ortho intramolecular Hbond substituents is 1. The van der Waals surface area contributed by atoms with Crippen molar-refractivity contribution in [2.24, 2.45) is 0 Å². The Morgan fingerprint density at radius 2 is 2.06 bits per heavy atom. The second-order valence-corrected chi connectivity index (χ2v) is 8.99. The highest BCUT2D eigenvalue weighted by atomic mass is 16.3. The maximum Gasteiger partial charge on any atom is 0.159 e. The van der Waals surface area contributed by atoms with E-state index in [0.717, 1.165) is 77.3 Å². The van der Waals surface area contributed by atoms with Crippen molar-refractivity contribution in [2.45, 2.75) is 26.3 Å². The molecule has 3 aromatic heterocycles. The molecule has 2 aromatic carbocycles. The number of aromatic amines is 3. The molecule has 0 bridgehead atoms. The molecule has 5 aromatic rings. The number of phenols is 1. The average Bonchev–Trinajstić information content (AvgIpc) is 3.65. The molecule has 4 heterocycles. The molecule has 0 atom stereocenters. The summed E-state index contributed by atoms with van der Waals surface area (Å²) in [7, 11) is 0. The van der Waals surface area contributed by atoms with Crippen molar-refractivity contribution >= 4 is 16.5 Å². The molecule has 1 aliphatic rings. The van der Waals surface area contributed by atoms with Crippen molar-refractivity contribution in [1.82, 2.24) is 35.3 Å². The molecule has 0 aliphatic carbocycles. The molecule has 0 saturated heterocycles. The first kappa shape index (κ1) is 21.4. The fourth-order valence-corrected chi connectivity index (χ4v) is 4.85. The Kier molecular flexibility index (Phi) is 5.42. The Bertz CT molecular complexity index is 1510. The fraction of sp³-hybridized carbons (Fsp3) is 0.222. The Labute approximate surface area is 202 Å². The number of imidazole rings is 1. The van der Waals surface area contributed by atoms with Crippen LogP contribution in [-0.2, 0) is 13.0 Å². The van der Waals surface area contributed by atoms with Crippen LogP contribution < -0.4 is 0 Å². The smallest absolute Gasteiger partial charge is 0.159 e. The standard InChI is InChI=1S/C27H27N7O/c1-2-18-11-21(35)4-6-22(18)20-3-5-23-24(12-20)32-33-26(23)27-28-15-25(31-27)19-7-9-34(10-8-19)16-17-13-29-30-14-17/h3-7,11-15,35H,2,8-10,16H2,1H3,(H,28,31)(H,29,30)(H,32,33). The van der Waals surface area contributed by atoms with Gasteiger partial charge in [-0.05, 0) is 59.4 Å². The molecule has 1 aliphatic heterocycles. The molecule has 0 fully saturated rings. The zero-order chi connectivity index (χ0) is 23.8. The van der Waals surface area contributed by atoms with Crippen LogP contribution in [0.25, 0.3) is 39.1 Å². The van der Waals surface area contributed by atoms with E-state index >= 15 is 0 Å². The summed E-state index contributed by atoms with van der Waals surface area (Å²) in [6, 6.07) is 11.8. The van der Waals surface area contributed by atoms with Crippen molar-refractivity contribution in [1.29, 1.82) is 0 Å². The minimum absolute atomic E-state index is 0.294. The second-order valence-electron chi connectivity index (χ2n) is 8.99. The van der Waals surface area contributed by atoms with Crippen LogP contribution in [0, 0.1) is 0 Å². The van der Waals surface area contributed by atoms with Crippen molar-refractivity contribution in [2.75, 3.05) is 13.1 Å². The number of rotatable bonds is 6. The van der Waals surface area contributed by atoms with Gasteiger partial charge in [0.2, 0.25) is 0 Å². The van der Waals surface area contributed by atoms with E-state index in [1.54, 1.807) is 6.07 Å². The lowest BCUT2D eigenvalue weighted by molar-refractivity contribution is 0.294. The summed E-state index contributed by atoms with van der Waals surface area (Å²) in [4.78, 5) is 10.5. The van der Waals surface area contributed by atoms with Crippen LogP contribution >= 0.6 is 0 Å². The van der Waals surface area contributed by atoms with Crippen LogP contribution in [0.1, 0.15) is 30.2 Å². The summed E-state index contributed by atoms with van der Waals surface area (Å²) in [5.74, 6) is 1.06. The SMILES string of the molecule is CCc1cc(O)ccc1-c1ccc2c(-c3ncc(C4=CCN(Cc5cn[nH]c5)CC4)[nH]3)n[nH]c2c1. The number of H-pyrrole nitrogens is 3. The molecular formula is C27H27N7O. The molecule has 4 N–H and O–H groups in total. The lowest BCUT2D eigenvalue weighted by Crippen LogP contribution is -2.27. The third kappa shape index (κ3) is 4.13. The van der Waals surface area contributed by atoms with E-state index in [-0.39, 0.29) is 0 Å². The third-order valence-electron chi connectivity index (χ3n) is 6.74. The quantitative estimate of drug-likeness (QED) is 0.285. The predicted molar refractivity (Wildman–Crippen MR) is 137 cm³/mol. The minimum Gasteiger partial charge on any atom is -0.508 e.